The van der Waals surface area contributed by atoms with Crippen LogP contribution in [-0.4, -0.2) is 67.3 Å². The third-order valence-corrected chi connectivity index (χ3v) is 11.1. The normalized spacial score (nSPS) is 21.0. The van der Waals surface area contributed by atoms with Crippen molar-refractivity contribution < 1.29 is 28.8 Å². The van der Waals surface area contributed by atoms with E-state index in [4.69, 9.17) is 24.6 Å². The quantitative estimate of drug-likeness (QED) is 0.160. The van der Waals surface area contributed by atoms with Crippen LogP contribution in [0, 0.1) is 27.0 Å². The summed E-state index contributed by atoms with van der Waals surface area (Å²) in [6, 6.07) is 12.4. The minimum atomic E-state index is -0.667. The van der Waals surface area contributed by atoms with E-state index >= 15 is 0 Å². The first-order valence-corrected chi connectivity index (χ1v) is 18.5. The molecule has 2 aromatic carbocycles. The van der Waals surface area contributed by atoms with Gasteiger partial charge in [-0.3, -0.25) is 39.4 Å². The summed E-state index contributed by atoms with van der Waals surface area (Å²) in [5, 5.41) is 4.63. The van der Waals surface area contributed by atoms with Crippen LogP contribution in [0.4, 0.5) is 23.0 Å². The predicted octanol–water partition coefficient (Wildman–Crippen LogP) is 5.02. The Kier molecular flexibility index (Phi) is 9.96. The lowest BCUT2D eigenvalue weighted by Gasteiger charge is -2.32. The Bertz CT molecular complexity index is 2370. The number of anilines is 2. The molecule has 58 heavy (non-hydrogen) atoms. The third-order valence-electron chi connectivity index (χ3n) is 11.1. The van der Waals surface area contributed by atoms with Gasteiger partial charge >= 0.3 is 0 Å². The summed E-state index contributed by atoms with van der Waals surface area (Å²) in [4.78, 5) is 92.0. The number of carbonyl (C=O) groups is 6. The van der Waals surface area contributed by atoms with Gasteiger partial charge in [0.25, 0.3) is 11.8 Å². The molecule has 2 aromatic heterocycles. The summed E-state index contributed by atoms with van der Waals surface area (Å²) in [6.07, 6.45) is 1.06. The fraction of sp³-hybridized carbons (Fsp3) is 0.286. The first kappa shape index (κ1) is 38.8. The van der Waals surface area contributed by atoms with E-state index < -0.39 is 23.9 Å². The number of aryl methyl sites for hydroxylation is 2. The van der Waals surface area contributed by atoms with Crippen LogP contribution >= 0.6 is 0 Å². The average molecular weight is 779 g/mol. The van der Waals surface area contributed by atoms with Gasteiger partial charge in [0.15, 0.2) is 0 Å². The highest BCUT2D eigenvalue weighted by atomic mass is 16.2. The van der Waals surface area contributed by atoms with Gasteiger partial charge in [0.1, 0.15) is 23.7 Å². The molecular weight excluding hydrogens is 741 g/mol. The molecule has 292 valence electrons. The molecule has 8 rings (SSSR count). The van der Waals surface area contributed by atoms with Gasteiger partial charge in [-0.05, 0) is 99.2 Å². The maximum absolute atomic E-state index is 13.0. The lowest BCUT2D eigenvalue weighted by Crippen LogP contribution is -2.53. The number of amides is 6. The number of carbonyl (C=O) groups excluding carboxylic acids is 6. The van der Waals surface area contributed by atoms with Gasteiger partial charge in [-0.25, -0.2) is 19.7 Å². The zero-order valence-corrected chi connectivity index (χ0v) is 32.0. The molecule has 4 aromatic rings. The second-order valence-corrected chi connectivity index (χ2v) is 14.7. The zero-order valence-electron chi connectivity index (χ0n) is 32.0. The average Bonchev–Trinajstić information content (AvgIpc) is 3.57. The molecule has 4 aliphatic rings. The van der Waals surface area contributed by atoms with E-state index in [1.807, 2.05) is 26.0 Å². The molecule has 0 aliphatic carbocycles. The summed E-state index contributed by atoms with van der Waals surface area (Å²) in [6.45, 7) is 21.8. The molecule has 0 bridgehead atoms. The molecule has 4 aliphatic heterocycles. The van der Waals surface area contributed by atoms with Crippen molar-refractivity contribution in [3.8, 4) is 22.5 Å². The number of nitrogens with two attached hydrogens (primary N) is 2. The van der Waals surface area contributed by atoms with Crippen LogP contribution in [0.5, 0.6) is 0 Å². The molecule has 2 unspecified atom stereocenters. The number of benzene rings is 2. The topological polar surface area (TPSA) is 219 Å². The number of nitrogens with one attached hydrogen (secondary N) is 2. The van der Waals surface area contributed by atoms with E-state index in [0.717, 1.165) is 33.4 Å². The zero-order chi connectivity index (χ0) is 41.7. The van der Waals surface area contributed by atoms with Crippen LogP contribution < -0.4 is 22.1 Å². The molecule has 0 spiro atoms. The van der Waals surface area contributed by atoms with Crippen molar-refractivity contribution in [1.82, 2.24) is 30.4 Å². The summed E-state index contributed by atoms with van der Waals surface area (Å²) >= 11 is 0. The van der Waals surface area contributed by atoms with Crippen molar-refractivity contribution in [2.75, 3.05) is 11.5 Å². The highest BCUT2D eigenvalue weighted by Gasteiger charge is 2.44. The van der Waals surface area contributed by atoms with Gasteiger partial charge in [0.05, 0.1) is 36.6 Å². The molecule has 6 N–H and O–H groups in total. The van der Waals surface area contributed by atoms with Crippen LogP contribution in [0.3, 0.4) is 0 Å². The summed E-state index contributed by atoms with van der Waals surface area (Å²) in [5.74, 6) is -1.60. The molecule has 16 heteroatoms. The van der Waals surface area contributed by atoms with Gasteiger partial charge in [0.2, 0.25) is 35.0 Å². The first-order chi connectivity index (χ1) is 27.6. The maximum atomic E-state index is 13.0. The number of piperidine rings is 2. The lowest BCUT2D eigenvalue weighted by atomic mass is 9.99. The fourth-order valence-electron chi connectivity index (χ4n) is 8.14. The van der Waals surface area contributed by atoms with Crippen LogP contribution in [0.15, 0.2) is 48.5 Å². The fourth-order valence-corrected chi connectivity index (χ4v) is 8.14. The molecule has 6 heterocycles. The number of aromatic nitrogens is 2. The Morgan fingerprint density at radius 3 is 1.34 bits per heavy atom. The summed E-state index contributed by atoms with van der Waals surface area (Å²) < 4.78 is 0. The Balaban J connectivity index is 0.000000177. The van der Waals surface area contributed by atoms with E-state index in [0.29, 0.717) is 46.7 Å². The molecule has 2 fully saturated rings. The van der Waals surface area contributed by atoms with E-state index in [-0.39, 0.29) is 60.2 Å². The maximum Gasteiger partial charge on any atom is 0.255 e. The Labute approximate surface area is 333 Å². The van der Waals surface area contributed by atoms with Gasteiger partial charge in [-0.15, -0.1) is 0 Å². The summed E-state index contributed by atoms with van der Waals surface area (Å²) in [5.41, 5.74) is 19.4. The van der Waals surface area contributed by atoms with Crippen molar-refractivity contribution in [1.29, 1.82) is 0 Å². The molecule has 0 saturated carbocycles. The van der Waals surface area contributed by atoms with E-state index in [1.165, 1.54) is 0 Å². The van der Waals surface area contributed by atoms with Crippen molar-refractivity contribution in [2.45, 2.75) is 77.5 Å². The van der Waals surface area contributed by atoms with Gasteiger partial charge in [-0.1, -0.05) is 12.1 Å². The van der Waals surface area contributed by atoms with E-state index in [9.17, 15) is 28.8 Å². The number of hydrogen-bond donors (Lipinski definition) is 4. The summed E-state index contributed by atoms with van der Waals surface area (Å²) in [7, 11) is 0. The third kappa shape index (κ3) is 6.64. The molecular formula is C42H38N10O6. The Hall–Kier alpha value is -7.46. The number of rotatable bonds is 4. The Morgan fingerprint density at radius 2 is 1.02 bits per heavy atom. The second kappa shape index (κ2) is 14.9. The molecule has 16 nitrogen and oxygen atoms in total. The number of hydrogen-bond acceptors (Lipinski definition) is 10. The minimum absolute atomic E-state index is 0.171. The number of fused-ring (bicyclic) bond motifs is 2. The second-order valence-electron chi connectivity index (χ2n) is 14.7. The highest BCUT2D eigenvalue weighted by molar-refractivity contribution is 6.07. The Morgan fingerprint density at radius 1 is 0.638 bits per heavy atom. The van der Waals surface area contributed by atoms with Gasteiger partial charge in [-0.2, -0.15) is 0 Å². The SMILES string of the molecule is [C-]#[N+]c1c(C)cc(-c2ccc3c(c2)[C@@H](C)N(C2CCC(=O)NC2=O)C3=O)nc1N.[C-]#[N+]c1c(C)cc(-c2ccc3c(c2)[C@H](C)N(C2CCC(=O)NC2=O)C3=O)nc1N. The van der Waals surface area contributed by atoms with Gasteiger partial charge in [0, 0.05) is 35.1 Å². The van der Waals surface area contributed by atoms with Gasteiger partial charge < -0.3 is 21.3 Å². The highest BCUT2D eigenvalue weighted by Crippen LogP contribution is 2.41. The van der Waals surface area contributed by atoms with Crippen LogP contribution in [-0.2, 0) is 19.2 Å². The van der Waals surface area contributed by atoms with Crippen LogP contribution in [0.2, 0.25) is 0 Å². The number of pyridine rings is 2. The molecule has 0 radical (unpaired) electrons. The van der Waals surface area contributed by atoms with Crippen LogP contribution in [0.25, 0.3) is 32.2 Å². The molecule has 4 atom stereocenters. The van der Waals surface area contributed by atoms with Crippen molar-refractivity contribution in [2.24, 2.45) is 0 Å². The van der Waals surface area contributed by atoms with Crippen molar-refractivity contribution >= 4 is 58.5 Å². The minimum Gasteiger partial charge on any atom is -0.392 e. The van der Waals surface area contributed by atoms with Crippen molar-refractivity contribution in [3.05, 3.63) is 105 Å². The predicted molar refractivity (Wildman–Crippen MR) is 212 cm³/mol. The van der Waals surface area contributed by atoms with Crippen molar-refractivity contribution in [3.63, 3.8) is 0 Å². The number of imide groups is 2. The van der Waals surface area contributed by atoms with Crippen LogP contribution in [0.1, 0.15) is 94.6 Å². The smallest absolute Gasteiger partial charge is 0.255 e. The largest absolute Gasteiger partial charge is 0.392 e. The molecule has 2 saturated heterocycles. The number of nitrogen functional groups attached to an aromatic ring is 2. The molecule has 6 amide bonds. The standard InChI is InChI=1S/2C21H19N5O3/c2*1-10-8-15(24-19(22)18(10)23-3)12-4-5-13-14(9-12)11(2)26(21(13)29)16-6-7-17(27)25-20(16)28/h2*4-5,8-9,11,16H,6-7H2,1-2H3,(H2,22,24)(H,25,27,28)/t2*11-,16?/m10/s1. The first-order valence-electron chi connectivity index (χ1n) is 18.5. The van der Waals surface area contributed by atoms with E-state index in [2.05, 4.69) is 30.3 Å². The lowest BCUT2D eigenvalue weighted by molar-refractivity contribution is -0.138. The number of nitrogens with zero attached hydrogens (tertiary/aromatic N) is 6. The monoisotopic (exact) mass is 778 g/mol. The van der Waals surface area contributed by atoms with E-state index in [1.54, 1.807) is 60.0 Å².